The van der Waals surface area contributed by atoms with Crippen LogP contribution in [-0.4, -0.2) is 41.6 Å². The maximum atomic E-state index is 12.2. The van der Waals surface area contributed by atoms with Crippen LogP contribution in [0.15, 0.2) is 24.3 Å². The van der Waals surface area contributed by atoms with Gasteiger partial charge in [-0.05, 0) is 19.1 Å². The van der Waals surface area contributed by atoms with Crippen LogP contribution in [0.25, 0.3) is 0 Å². The number of amides is 1. The first-order valence-electron chi connectivity index (χ1n) is 5.50. The number of rotatable bonds is 6. The zero-order chi connectivity index (χ0) is 14.4. The minimum Gasteiger partial charge on any atom is -0.480 e. The summed E-state index contributed by atoms with van der Waals surface area (Å²) in [6.07, 6.45) is 0. The van der Waals surface area contributed by atoms with Crippen molar-refractivity contribution in [1.29, 1.82) is 0 Å². The van der Waals surface area contributed by atoms with Crippen molar-refractivity contribution in [2.45, 2.75) is 13.5 Å². The van der Waals surface area contributed by atoms with Gasteiger partial charge in [-0.15, -0.1) is 0 Å². The zero-order valence-corrected chi connectivity index (χ0v) is 10.2. The largest absolute Gasteiger partial charge is 0.480 e. The Bertz CT molecular complexity index is 465. The van der Waals surface area contributed by atoms with Gasteiger partial charge >= 0.3 is 12.6 Å². The van der Waals surface area contributed by atoms with Crippen molar-refractivity contribution < 1.29 is 28.2 Å². The monoisotopic (exact) mass is 273 g/mol. The van der Waals surface area contributed by atoms with Crippen LogP contribution < -0.4 is 4.74 Å². The number of benzene rings is 1. The summed E-state index contributed by atoms with van der Waals surface area (Å²) in [6, 6.07) is 5.47. The lowest BCUT2D eigenvalue weighted by Crippen LogP contribution is -2.35. The lowest BCUT2D eigenvalue weighted by Gasteiger charge is -2.20. The van der Waals surface area contributed by atoms with E-state index < -0.39 is 25.0 Å². The highest BCUT2D eigenvalue weighted by Gasteiger charge is 2.21. The average molecular weight is 273 g/mol. The summed E-state index contributed by atoms with van der Waals surface area (Å²) in [5.41, 5.74) is -0.0918. The third-order valence-electron chi connectivity index (χ3n) is 2.33. The van der Waals surface area contributed by atoms with Crippen LogP contribution in [0.4, 0.5) is 8.78 Å². The third kappa shape index (κ3) is 4.20. The maximum Gasteiger partial charge on any atom is 0.387 e. The molecule has 0 spiro atoms. The third-order valence-corrected chi connectivity index (χ3v) is 2.33. The van der Waals surface area contributed by atoms with Gasteiger partial charge in [0.15, 0.2) is 0 Å². The van der Waals surface area contributed by atoms with Crippen molar-refractivity contribution in [3.63, 3.8) is 0 Å². The molecule has 0 bridgehead atoms. The molecule has 0 aromatic heterocycles. The van der Waals surface area contributed by atoms with E-state index in [0.29, 0.717) is 0 Å². The van der Waals surface area contributed by atoms with E-state index in [-0.39, 0.29) is 17.9 Å². The molecule has 0 radical (unpaired) electrons. The molecule has 1 amide bonds. The number of para-hydroxylation sites is 1. The second-order valence-electron chi connectivity index (χ2n) is 3.59. The lowest BCUT2D eigenvalue weighted by molar-refractivity contribution is -0.137. The summed E-state index contributed by atoms with van der Waals surface area (Å²) in [4.78, 5) is 23.7. The SMILES string of the molecule is CCN(CC(=O)O)C(=O)c1ccccc1OC(F)F. The number of carbonyl (C=O) groups is 2. The van der Waals surface area contributed by atoms with Crippen molar-refractivity contribution in [1.82, 2.24) is 4.90 Å². The van der Waals surface area contributed by atoms with E-state index in [1.54, 1.807) is 6.92 Å². The second kappa shape index (κ2) is 6.67. The van der Waals surface area contributed by atoms with Crippen LogP contribution >= 0.6 is 0 Å². The molecule has 0 saturated carbocycles. The van der Waals surface area contributed by atoms with Gasteiger partial charge in [0.2, 0.25) is 0 Å². The van der Waals surface area contributed by atoms with Crippen molar-refractivity contribution in [3.05, 3.63) is 29.8 Å². The molecule has 1 rings (SSSR count). The fourth-order valence-corrected chi connectivity index (χ4v) is 1.50. The van der Waals surface area contributed by atoms with E-state index in [4.69, 9.17) is 5.11 Å². The van der Waals surface area contributed by atoms with Crippen LogP contribution in [0.3, 0.4) is 0 Å². The Balaban J connectivity index is 3.00. The number of alkyl halides is 2. The van der Waals surface area contributed by atoms with Gasteiger partial charge in [0.05, 0.1) is 5.56 Å². The van der Waals surface area contributed by atoms with Crippen molar-refractivity contribution in [2.75, 3.05) is 13.1 Å². The smallest absolute Gasteiger partial charge is 0.387 e. The molecule has 0 atom stereocenters. The van der Waals surface area contributed by atoms with Gasteiger partial charge in [-0.25, -0.2) is 0 Å². The van der Waals surface area contributed by atoms with Crippen LogP contribution in [0, 0.1) is 0 Å². The van der Waals surface area contributed by atoms with E-state index in [1.807, 2.05) is 0 Å². The molecular formula is C12H13F2NO4. The number of carbonyl (C=O) groups excluding carboxylic acids is 1. The Morgan fingerprint density at radius 3 is 2.53 bits per heavy atom. The zero-order valence-electron chi connectivity index (χ0n) is 10.2. The molecule has 0 fully saturated rings. The summed E-state index contributed by atoms with van der Waals surface area (Å²) in [5.74, 6) is -2.12. The fourth-order valence-electron chi connectivity index (χ4n) is 1.50. The summed E-state index contributed by atoms with van der Waals surface area (Å²) in [5, 5.41) is 8.68. The Morgan fingerprint density at radius 2 is 2.00 bits per heavy atom. The molecule has 0 saturated heterocycles. The van der Waals surface area contributed by atoms with Gasteiger partial charge in [0.1, 0.15) is 12.3 Å². The number of aliphatic carboxylic acids is 1. The summed E-state index contributed by atoms with van der Waals surface area (Å²) in [6.45, 7) is -1.81. The number of likely N-dealkylation sites (N-methyl/N-ethyl adjacent to an activating group) is 1. The molecular weight excluding hydrogens is 260 g/mol. The van der Waals surface area contributed by atoms with Crippen LogP contribution in [0.2, 0.25) is 0 Å². The maximum absolute atomic E-state index is 12.2. The molecule has 1 aromatic rings. The first-order chi connectivity index (χ1) is 8.95. The van der Waals surface area contributed by atoms with Crippen molar-refractivity contribution >= 4 is 11.9 Å². The standard InChI is InChI=1S/C12H13F2NO4/c1-2-15(7-10(16)17)11(18)8-5-3-4-6-9(8)19-12(13)14/h3-6,12H,2,7H2,1H3,(H,16,17). The lowest BCUT2D eigenvalue weighted by atomic mass is 10.1. The van der Waals surface area contributed by atoms with Crippen LogP contribution in [-0.2, 0) is 4.79 Å². The van der Waals surface area contributed by atoms with Crippen LogP contribution in [0.1, 0.15) is 17.3 Å². The molecule has 1 N–H and O–H groups in total. The number of carboxylic acids is 1. The molecule has 0 aliphatic rings. The molecule has 104 valence electrons. The Kier molecular flexibility index (Phi) is 5.23. The molecule has 0 unspecified atom stereocenters. The Labute approximate surface area is 108 Å². The van der Waals surface area contributed by atoms with E-state index >= 15 is 0 Å². The highest BCUT2D eigenvalue weighted by molar-refractivity contribution is 5.98. The highest BCUT2D eigenvalue weighted by atomic mass is 19.3. The number of hydrogen-bond acceptors (Lipinski definition) is 3. The average Bonchev–Trinajstić information content (AvgIpc) is 2.35. The number of nitrogens with zero attached hydrogens (tertiary/aromatic N) is 1. The second-order valence-corrected chi connectivity index (χ2v) is 3.59. The predicted octanol–water partition coefficient (Wildman–Crippen LogP) is 1.83. The molecule has 5 nitrogen and oxygen atoms in total. The predicted molar refractivity (Wildman–Crippen MR) is 62.3 cm³/mol. The van der Waals surface area contributed by atoms with Gasteiger partial charge in [-0.1, -0.05) is 12.1 Å². The minimum absolute atomic E-state index is 0.0918. The number of halogens is 2. The molecule has 0 aliphatic carbocycles. The normalized spacial score (nSPS) is 10.3. The van der Waals surface area contributed by atoms with Gasteiger partial charge in [-0.2, -0.15) is 8.78 Å². The van der Waals surface area contributed by atoms with Crippen LogP contribution in [0.5, 0.6) is 5.75 Å². The molecule has 0 aliphatic heterocycles. The summed E-state index contributed by atoms with van der Waals surface area (Å²) >= 11 is 0. The minimum atomic E-state index is -3.05. The van der Waals surface area contributed by atoms with Gasteiger partial charge in [0, 0.05) is 6.54 Å². The first-order valence-corrected chi connectivity index (χ1v) is 5.50. The van der Waals surface area contributed by atoms with E-state index in [2.05, 4.69) is 4.74 Å². The summed E-state index contributed by atoms with van der Waals surface area (Å²) in [7, 11) is 0. The quantitative estimate of drug-likeness (QED) is 0.858. The van der Waals surface area contributed by atoms with E-state index in [1.165, 1.54) is 24.3 Å². The number of ether oxygens (including phenoxy) is 1. The summed E-state index contributed by atoms with van der Waals surface area (Å²) < 4.78 is 28.7. The van der Waals surface area contributed by atoms with E-state index in [9.17, 15) is 18.4 Å². The van der Waals surface area contributed by atoms with Gasteiger partial charge in [0.25, 0.3) is 5.91 Å². The van der Waals surface area contributed by atoms with Crippen molar-refractivity contribution in [2.24, 2.45) is 0 Å². The Hall–Kier alpha value is -2.18. The molecule has 19 heavy (non-hydrogen) atoms. The first kappa shape index (κ1) is 14.9. The van der Waals surface area contributed by atoms with Crippen molar-refractivity contribution in [3.8, 4) is 5.75 Å². The number of carboxylic acid groups (broad SMARTS) is 1. The molecule has 7 heteroatoms. The Morgan fingerprint density at radius 1 is 1.37 bits per heavy atom. The van der Waals surface area contributed by atoms with Gasteiger partial charge in [-0.3, -0.25) is 9.59 Å². The topological polar surface area (TPSA) is 66.8 Å². The number of hydrogen-bond donors (Lipinski definition) is 1. The van der Waals surface area contributed by atoms with Gasteiger partial charge < -0.3 is 14.7 Å². The fraction of sp³-hybridized carbons (Fsp3) is 0.333. The molecule has 1 aromatic carbocycles. The van der Waals surface area contributed by atoms with E-state index in [0.717, 1.165) is 4.90 Å². The highest BCUT2D eigenvalue weighted by Crippen LogP contribution is 2.21. The molecule has 0 heterocycles.